The number of nitrogens with zero attached hydrogens (tertiary/aromatic N) is 4. The van der Waals surface area contributed by atoms with Crippen molar-refractivity contribution in [3.8, 4) is 39.1 Å². The molecule has 0 radical (unpaired) electrons. The molecule has 0 saturated heterocycles. The van der Waals surface area contributed by atoms with Gasteiger partial charge in [0.2, 0.25) is 5.95 Å². The van der Waals surface area contributed by atoms with E-state index in [1.54, 1.807) is 0 Å². The molecule has 2 heterocycles. The maximum atomic E-state index is 4.87. The second-order valence-corrected chi connectivity index (χ2v) is 12.4. The Balaban J connectivity index is 1.10. The van der Waals surface area contributed by atoms with Crippen molar-refractivity contribution in [3.05, 3.63) is 194 Å². The Morgan fingerprint density at radius 1 is 0.360 bits per heavy atom. The molecule has 0 fully saturated rings. The van der Waals surface area contributed by atoms with Crippen LogP contribution in [-0.2, 0) is 0 Å². The van der Waals surface area contributed by atoms with Crippen molar-refractivity contribution >= 4 is 39.1 Å². The molecule has 4 heteroatoms. The van der Waals surface area contributed by atoms with Gasteiger partial charge < -0.3 is 4.57 Å². The van der Waals surface area contributed by atoms with Gasteiger partial charge in [0, 0.05) is 45.8 Å². The Bertz CT molecular complexity index is 2460. The molecule has 0 amide bonds. The Hall–Kier alpha value is -6.78. The highest BCUT2D eigenvalue weighted by molar-refractivity contribution is 6.10. The largest absolute Gasteiger partial charge is 0.309 e. The van der Waals surface area contributed by atoms with Gasteiger partial charge in [0.1, 0.15) is 0 Å². The maximum absolute atomic E-state index is 4.87. The predicted octanol–water partition coefficient (Wildman–Crippen LogP) is 12.0. The molecule has 0 aliphatic carbocycles. The molecule has 0 atom stereocenters. The minimum absolute atomic E-state index is 0.611. The fourth-order valence-corrected chi connectivity index (χ4v) is 6.84. The summed E-state index contributed by atoms with van der Waals surface area (Å²) in [5.74, 6) is 0.611. The molecule has 0 bridgehead atoms. The number of aromatic nitrogens is 3. The van der Waals surface area contributed by atoms with Crippen molar-refractivity contribution in [3.63, 3.8) is 0 Å². The number of anilines is 3. The van der Waals surface area contributed by atoms with E-state index in [1.807, 2.05) is 36.7 Å². The summed E-state index contributed by atoms with van der Waals surface area (Å²) in [7, 11) is 0. The van der Waals surface area contributed by atoms with Crippen LogP contribution in [-0.4, -0.2) is 14.5 Å². The molecule has 4 nitrogen and oxygen atoms in total. The van der Waals surface area contributed by atoms with Gasteiger partial charge in [0.15, 0.2) is 0 Å². The molecule has 9 aromatic rings. The van der Waals surface area contributed by atoms with Crippen LogP contribution in [0.4, 0.5) is 17.3 Å². The second-order valence-electron chi connectivity index (χ2n) is 12.4. The molecule has 0 aliphatic rings. The first-order valence-corrected chi connectivity index (χ1v) is 16.8. The Morgan fingerprint density at radius 2 is 0.820 bits per heavy atom. The van der Waals surface area contributed by atoms with E-state index < -0.39 is 0 Å². The zero-order chi connectivity index (χ0) is 33.3. The number of para-hydroxylation sites is 2. The summed E-state index contributed by atoms with van der Waals surface area (Å²) in [5.41, 5.74) is 12.2. The van der Waals surface area contributed by atoms with Gasteiger partial charge in [0.05, 0.1) is 11.0 Å². The fourth-order valence-electron chi connectivity index (χ4n) is 6.84. The zero-order valence-corrected chi connectivity index (χ0v) is 27.3. The third-order valence-corrected chi connectivity index (χ3v) is 9.32. The summed E-state index contributed by atoms with van der Waals surface area (Å²) in [6.45, 7) is 0. The highest BCUT2D eigenvalue weighted by Crippen LogP contribution is 2.38. The summed E-state index contributed by atoms with van der Waals surface area (Å²) in [4.78, 5) is 11.9. The highest BCUT2D eigenvalue weighted by atomic mass is 15.3. The van der Waals surface area contributed by atoms with Crippen molar-refractivity contribution in [1.82, 2.24) is 14.5 Å². The quantitative estimate of drug-likeness (QED) is 0.174. The average Bonchev–Trinajstić information content (AvgIpc) is 3.53. The van der Waals surface area contributed by atoms with Crippen LogP contribution in [0.5, 0.6) is 0 Å². The molecule has 0 spiro atoms. The second kappa shape index (κ2) is 12.7. The van der Waals surface area contributed by atoms with Crippen LogP contribution in [0.3, 0.4) is 0 Å². The standard InChI is InChI=1S/C46H32N4/c1-4-12-33(13-5-1)35-20-25-40(26-21-35)49(46-47-31-38(32-48-46)34-14-6-2-7-15-34)41-27-22-36(23-28-41)37-24-29-45-43(30-37)42-18-10-11-19-44(42)50(45)39-16-8-3-9-17-39/h1-32H. The van der Waals surface area contributed by atoms with Crippen LogP contribution in [0.1, 0.15) is 0 Å². The van der Waals surface area contributed by atoms with Crippen LogP contribution in [0.15, 0.2) is 194 Å². The van der Waals surface area contributed by atoms with E-state index in [1.165, 1.54) is 32.9 Å². The lowest BCUT2D eigenvalue weighted by molar-refractivity contribution is 1.08. The van der Waals surface area contributed by atoms with E-state index >= 15 is 0 Å². The average molecular weight is 641 g/mol. The van der Waals surface area contributed by atoms with Crippen LogP contribution in [0, 0.1) is 0 Å². The van der Waals surface area contributed by atoms with Crippen LogP contribution >= 0.6 is 0 Å². The lowest BCUT2D eigenvalue weighted by atomic mass is 10.0. The summed E-state index contributed by atoms with van der Waals surface area (Å²) < 4.78 is 2.35. The number of rotatable bonds is 7. The van der Waals surface area contributed by atoms with Crippen LogP contribution in [0.25, 0.3) is 60.9 Å². The van der Waals surface area contributed by atoms with Gasteiger partial charge in [-0.3, -0.25) is 4.90 Å². The zero-order valence-electron chi connectivity index (χ0n) is 27.3. The number of hydrogen-bond acceptors (Lipinski definition) is 3. The number of fused-ring (bicyclic) bond motifs is 3. The Labute approximate surface area is 291 Å². The maximum Gasteiger partial charge on any atom is 0.234 e. The fraction of sp³-hybridized carbons (Fsp3) is 0. The van der Waals surface area contributed by atoms with Gasteiger partial charge in [-0.1, -0.05) is 127 Å². The smallest absolute Gasteiger partial charge is 0.234 e. The lowest BCUT2D eigenvalue weighted by Gasteiger charge is -2.24. The lowest BCUT2D eigenvalue weighted by Crippen LogP contribution is -2.13. The molecule has 50 heavy (non-hydrogen) atoms. The van der Waals surface area contributed by atoms with Crippen LogP contribution < -0.4 is 4.90 Å². The third kappa shape index (κ3) is 5.39. The van der Waals surface area contributed by atoms with Crippen molar-refractivity contribution in [2.45, 2.75) is 0 Å². The normalized spacial score (nSPS) is 11.2. The highest BCUT2D eigenvalue weighted by Gasteiger charge is 2.17. The monoisotopic (exact) mass is 640 g/mol. The molecule has 0 saturated carbocycles. The molecule has 236 valence electrons. The summed E-state index contributed by atoms with van der Waals surface area (Å²) >= 11 is 0. The van der Waals surface area contributed by atoms with Crippen molar-refractivity contribution in [2.24, 2.45) is 0 Å². The molecular weight excluding hydrogens is 609 g/mol. The number of hydrogen-bond donors (Lipinski definition) is 0. The van der Waals surface area contributed by atoms with Gasteiger partial charge in [-0.05, 0) is 82.4 Å². The number of benzene rings is 7. The first-order valence-electron chi connectivity index (χ1n) is 16.8. The van der Waals surface area contributed by atoms with Crippen LogP contribution in [0.2, 0.25) is 0 Å². The molecule has 0 unspecified atom stereocenters. The van der Waals surface area contributed by atoms with Crippen molar-refractivity contribution in [2.75, 3.05) is 4.90 Å². The van der Waals surface area contributed by atoms with Gasteiger partial charge in [0.25, 0.3) is 0 Å². The first kappa shape index (κ1) is 29.4. The Kier molecular flexibility index (Phi) is 7.45. The minimum atomic E-state index is 0.611. The minimum Gasteiger partial charge on any atom is -0.309 e. The molecule has 2 aromatic heterocycles. The summed E-state index contributed by atoms with van der Waals surface area (Å²) in [5, 5.41) is 2.48. The molecular formula is C46H32N4. The molecule has 0 N–H and O–H groups in total. The van der Waals surface area contributed by atoms with E-state index in [0.717, 1.165) is 39.3 Å². The van der Waals surface area contributed by atoms with Gasteiger partial charge in [-0.25, -0.2) is 9.97 Å². The van der Waals surface area contributed by atoms with E-state index in [9.17, 15) is 0 Å². The van der Waals surface area contributed by atoms with E-state index in [0.29, 0.717) is 5.95 Å². The van der Waals surface area contributed by atoms with Crippen molar-refractivity contribution in [1.29, 1.82) is 0 Å². The third-order valence-electron chi connectivity index (χ3n) is 9.32. The van der Waals surface area contributed by atoms with Crippen molar-refractivity contribution < 1.29 is 0 Å². The molecule has 9 rings (SSSR count). The molecule has 0 aliphatic heterocycles. The summed E-state index contributed by atoms with van der Waals surface area (Å²) in [6, 6.07) is 64.0. The van der Waals surface area contributed by atoms with E-state index in [4.69, 9.17) is 9.97 Å². The first-order chi connectivity index (χ1) is 24.8. The van der Waals surface area contributed by atoms with E-state index in [2.05, 4.69) is 167 Å². The summed E-state index contributed by atoms with van der Waals surface area (Å²) in [6.07, 6.45) is 3.80. The Morgan fingerprint density at radius 3 is 1.44 bits per heavy atom. The van der Waals surface area contributed by atoms with Gasteiger partial charge in [-0.15, -0.1) is 0 Å². The SMILES string of the molecule is c1ccc(-c2ccc(N(c3ccc(-c4ccc5c(c4)c4ccccc4n5-c4ccccc4)cc3)c3ncc(-c4ccccc4)cn3)cc2)cc1. The van der Waals surface area contributed by atoms with Gasteiger partial charge >= 0.3 is 0 Å². The van der Waals surface area contributed by atoms with Gasteiger partial charge in [-0.2, -0.15) is 0 Å². The topological polar surface area (TPSA) is 34.0 Å². The predicted molar refractivity (Wildman–Crippen MR) is 207 cm³/mol. The van der Waals surface area contributed by atoms with E-state index in [-0.39, 0.29) is 0 Å². The molecule has 7 aromatic carbocycles.